The van der Waals surface area contributed by atoms with Crippen molar-refractivity contribution in [3.63, 3.8) is 0 Å². The predicted octanol–water partition coefficient (Wildman–Crippen LogP) is 3.00. The number of fused-ring (bicyclic) bond motifs is 3. The average Bonchev–Trinajstić information content (AvgIpc) is 2.99. The van der Waals surface area contributed by atoms with Gasteiger partial charge in [-0.05, 0) is 49.5 Å². The number of nitrogens with zero attached hydrogens (tertiary/aromatic N) is 2. The highest BCUT2D eigenvalue weighted by Crippen LogP contribution is 2.47. The van der Waals surface area contributed by atoms with Crippen molar-refractivity contribution in [3.05, 3.63) is 42.2 Å². The zero-order chi connectivity index (χ0) is 14.6. The van der Waals surface area contributed by atoms with Gasteiger partial charge >= 0.3 is 0 Å². The molecule has 3 aliphatic carbocycles. The van der Waals surface area contributed by atoms with E-state index in [0.717, 1.165) is 17.4 Å². The Morgan fingerprint density at radius 3 is 2.64 bits per heavy atom. The van der Waals surface area contributed by atoms with E-state index in [1.165, 1.54) is 42.9 Å². The van der Waals surface area contributed by atoms with E-state index in [9.17, 15) is 0 Å². The standard InChI is InChI=1S/C18H20N4/c1-2-4-14-11-19-16(9-13(14)3-1)17-20-18(22-21-17)10-12-5-7-15(18)8-6-12/h1-4,9,11-12,15,22H,5-8,10H2,(H,20,21)/t12?,15?,18-/m0/s1. The van der Waals surface area contributed by atoms with Crippen LogP contribution in [-0.4, -0.2) is 16.5 Å². The fraction of sp³-hybridized carbons (Fsp3) is 0.444. The largest absolute Gasteiger partial charge is 0.343 e. The maximum Gasteiger partial charge on any atom is 0.173 e. The molecule has 2 aromatic rings. The second-order valence-corrected chi connectivity index (χ2v) is 7.01. The molecule has 0 unspecified atom stereocenters. The first-order chi connectivity index (χ1) is 10.8. The third-order valence-corrected chi connectivity index (χ3v) is 5.74. The van der Waals surface area contributed by atoms with Crippen molar-refractivity contribution in [1.82, 2.24) is 15.7 Å². The van der Waals surface area contributed by atoms with Crippen LogP contribution in [0, 0.1) is 11.8 Å². The number of aromatic nitrogens is 1. The van der Waals surface area contributed by atoms with Crippen LogP contribution in [0.2, 0.25) is 0 Å². The van der Waals surface area contributed by atoms with Crippen molar-refractivity contribution in [1.29, 1.82) is 0 Å². The van der Waals surface area contributed by atoms with Gasteiger partial charge in [-0.1, -0.05) is 24.3 Å². The second kappa shape index (κ2) is 4.45. The van der Waals surface area contributed by atoms with E-state index < -0.39 is 0 Å². The van der Waals surface area contributed by atoms with Gasteiger partial charge in [0.15, 0.2) is 5.84 Å². The molecule has 1 aromatic carbocycles. The maximum absolute atomic E-state index is 4.60. The topological polar surface area (TPSA) is 49.3 Å². The van der Waals surface area contributed by atoms with E-state index >= 15 is 0 Å². The summed E-state index contributed by atoms with van der Waals surface area (Å²) in [6.45, 7) is 0. The molecule has 0 amide bonds. The zero-order valence-electron chi connectivity index (χ0n) is 12.5. The molecule has 1 spiro atoms. The third-order valence-electron chi connectivity index (χ3n) is 5.74. The summed E-state index contributed by atoms with van der Waals surface area (Å²) in [7, 11) is 0. The Hall–Kier alpha value is -2.10. The molecule has 1 atom stereocenters. The van der Waals surface area contributed by atoms with Crippen molar-refractivity contribution in [3.8, 4) is 0 Å². The molecule has 1 aliphatic heterocycles. The smallest absolute Gasteiger partial charge is 0.173 e. The van der Waals surface area contributed by atoms with Crippen LogP contribution in [0.3, 0.4) is 0 Å². The van der Waals surface area contributed by atoms with Gasteiger partial charge in [-0.3, -0.25) is 10.4 Å². The van der Waals surface area contributed by atoms with E-state index in [2.05, 4.69) is 45.1 Å². The highest BCUT2D eigenvalue weighted by molar-refractivity contribution is 6.01. The summed E-state index contributed by atoms with van der Waals surface area (Å²) in [5.41, 5.74) is 4.36. The third kappa shape index (κ3) is 1.76. The van der Waals surface area contributed by atoms with Crippen LogP contribution in [0.25, 0.3) is 10.8 Å². The molecule has 3 fully saturated rings. The van der Waals surface area contributed by atoms with Gasteiger partial charge in [0.25, 0.3) is 0 Å². The predicted molar refractivity (Wildman–Crippen MR) is 87.3 cm³/mol. The van der Waals surface area contributed by atoms with Crippen LogP contribution in [0.15, 0.2) is 41.6 Å². The lowest BCUT2D eigenvalue weighted by Crippen LogP contribution is -2.62. The van der Waals surface area contributed by atoms with Gasteiger partial charge in [-0.15, -0.1) is 0 Å². The molecule has 112 valence electrons. The number of nitrogens with one attached hydrogen (secondary N) is 2. The molecular formula is C18H20N4. The number of hydrazone groups is 1. The van der Waals surface area contributed by atoms with Gasteiger partial charge in [0.1, 0.15) is 11.4 Å². The summed E-state index contributed by atoms with van der Waals surface area (Å²) in [4.78, 5) is 4.60. The molecule has 0 radical (unpaired) electrons. The van der Waals surface area contributed by atoms with Gasteiger partial charge in [0.05, 0.1) is 0 Å². The molecular weight excluding hydrogens is 272 g/mol. The van der Waals surface area contributed by atoms with Gasteiger partial charge in [-0.25, -0.2) is 0 Å². The fourth-order valence-corrected chi connectivity index (χ4v) is 4.53. The number of hydrogen-bond donors (Lipinski definition) is 2. The van der Waals surface area contributed by atoms with E-state index in [-0.39, 0.29) is 5.66 Å². The lowest BCUT2D eigenvalue weighted by Gasteiger charge is -2.49. The van der Waals surface area contributed by atoms with Gasteiger partial charge in [-0.2, -0.15) is 5.10 Å². The molecule has 6 rings (SSSR count). The average molecular weight is 292 g/mol. The highest BCUT2D eigenvalue weighted by Gasteiger charge is 2.50. The Labute approximate surface area is 130 Å². The van der Waals surface area contributed by atoms with Crippen molar-refractivity contribution >= 4 is 16.6 Å². The number of amidine groups is 1. The minimum Gasteiger partial charge on any atom is -0.343 e. The van der Waals surface area contributed by atoms with Crippen LogP contribution in [-0.2, 0) is 0 Å². The van der Waals surface area contributed by atoms with Crippen LogP contribution in [0.1, 0.15) is 37.8 Å². The minimum atomic E-state index is -0.0101. The number of rotatable bonds is 1. The van der Waals surface area contributed by atoms with Crippen LogP contribution in [0.4, 0.5) is 0 Å². The van der Waals surface area contributed by atoms with Crippen LogP contribution >= 0.6 is 0 Å². The molecule has 22 heavy (non-hydrogen) atoms. The normalized spacial score (nSPS) is 32.8. The van der Waals surface area contributed by atoms with E-state index in [1.807, 2.05) is 12.3 Å². The summed E-state index contributed by atoms with van der Waals surface area (Å²) in [5.74, 6) is 2.45. The molecule has 2 N–H and O–H groups in total. The second-order valence-electron chi connectivity index (χ2n) is 7.01. The van der Waals surface area contributed by atoms with E-state index in [4.69, 9.17) is 0 Å². The summed E-state index contributed by atoms with van der Waals surface area (Å²) in [6.07, 6.45) is 8.54. The van der Waals surface area contributed by atoms with Gasteiger partial charge in [0, 0.05) is 17.5 Å². The summed E-state index contributed by atoms with van der Waals surface area (Å²) in [5, 5.41) is 10.7. The first kappa shape index (κ1) is 12.4. The molecule has 2 heterocycles. The molecule has 0 saturated heterocycles. The highest BCUT2D eigenvalue weighted by atomic mass is 15.5. The number of pyridine rings is 1. The van der Waals surface area contributed by atoms with Crippen molar-refractivity contribution in [2.75, 3.05) is 0 Å². The molecule has 3 saturated carbocycles. The van der Waals surface area contributed by atoms with Gasteiger partial charge < -0.3 is 5.32 Å². The number of hydrogen-bond acceptors (Lipinski definition) is 4. The minimum absolute atomic E-state index is 0.0101. The molecule has 4 heteroatoms. The zero-order valence-corrected chi connectivity index (χ0v) is 12.5. The monoisotopic (exact) mass is 292 g/mol. The summed E-state index contributed by atoms with van der Waals surface area (Å²) >= 11 is 0. The van der Waals surface area contributed by atoms with Crippen molar-refractivity contribution < 1.29 is 0 Å². The Balaban J connectivity index is 1.46. The lowest BCUT2D eigenvalue weighted by molar-refractivity contribution is 0.0394. The fourth-order valence-electron chi connectivity index (χ4n) is 4.53. The molecule has 1 aromatic heterocycles. The molecule has 4 aliphatic rings. The van der Waals surface area contributed by atoms with E-state index in [1.54, 1.807) is 0 Å². The SMILES string of the molecule is c1ccc2cc(C3=NN[C@]4(CC5CCC4CC5)N3)ncc2c1. The number of benzene rings is 1. The first-order valence-corrected chi connectivity index (χ1v) is 8.31. The summed E-state index contributed by atoms with van der Waals surface area (Å²) in [6, 6.07) is 10.5. The first-order valence-electron chi connectivity index (χ1n) is 8.31. The summed E-state index contributed by atoms with van der Waals surface area (Å²) < 4.78 is 0. The molecule has 2 bridgehead atoms. The molecule has 4 nitrogen and oxygen atoms in total. The Morgan fingerprint density at radius 2 is 1.86 bits per heavy atom. The van der Waals surface area contributed by atoms with Crippen molar-refractivity contribution in [2.45, 2.75) is 37.8 Å². The van der Waals surface area contributed by atoms with Gasteiger partial charge in [0.2, 0.25) is 0 Å². The quantitative estimate of drug-likeness (QED) is 0.849. The Morgan fingerprint density at radius 1 is 1.05 bits per heavy atom. The van der Waals surface area contributed by atoms with Crippen LogP contribution < -0.4 is 10.7 Å². The Bertz CT molecular complexity index is 761. The maximum atomic E-state index is 4.60. The van der Waals surface area contributed by atoms with Crippen LogP contribution in [0.5, 0.6) is 0 Å². The van der Waals surface area contributed by atoms with Crippen molar-refractivity contribution in [2.24, 2.45) is 16.9 Å². The lowest BCUT2D eigenvalue weighted by atomic mass is 9.64. The Kier molecular flexibility index (Phi) is 2.52. The van der Waals surface area contributed by atoms with E-state index in [0.29, 0.717) is 5.92 Å².